The molecule has 3 N–H and O–H groups in total. The topological polar surface area (TPSA) is 92.5 Å². The molecule has 1 aliphatic rings. The maximum Gasteiger partial charge on any atom is 0.267 e. The van der Waals surface area contributed by atoms with Gasteiger partial charge in [-0.05, 0) is 18.6 Å². The lowest BCUT2D eigenvalue weighted by Crippen LogP contribution is -2.53. The van der Waals surface area contributed by atoms with E-state index in [9.17, 15) is 14.4 Å². The second kappa shape index (κ2) is 4.85. The van der Waals surface area contributed by atoms with Crippen LogP contribution < -0.4 is 11.1 Å². The zero-order chi connectivity index (χ0) is 15.1. The van der Waals surface area contributed by atoms with E-state index in [1.165, 1.54) is 16.2 Å². The first-order chi connectivity index (χ1) is 9.95. The maximum atomic E-state index is 12.5. The van der Waals surface area contributed by atoms with Crippen molar-refractivity contribution in [3.8, 4) is 0 Å². The number of nitrogens with zero attached hydrogens (tertiary/aromatic N) is 1. The van der Waals surface area contributed by atoms with Crippen LogP contribution in [-0.2, 0) is 9.59 Å². The molecule has 6 nitrogen and oxygen atoms in total. The summed E-state index contributed by atoms with van der Waals surface area (Å²) in [5.41, 5.74) is 7.52. The number of carbonyl (C=O) groups excluding carboxylic acids is 3. The van der Waals surface area contributed by atoms with Gasteiger partial charge in [-0.3, -0.25) is 19.7 Å². The molecule has 1 fully saturated rings. The van der Waals surface area contributed by atoms with Crippen LogP contribution in [0.3, 0.4) is 0 Å². The molecule has 0 atom stereocenters. The van der Waals surface area contributed by atoms with Gasteiger partial charge >= 0.3 is 0 Å². The number of nitrogen functional groups attached to an aromatic ring is 1. The first-order valence-corrected chi connectivity index (χ1v) is 7.18. The highest BCUT2D eigenvalue weighted by atomic mass is 32.1. The Bertz CT molecular complexity index is 765. The molecule has 1 aliphatic heterocycles. The minimum atomic E-state index is -0.477. The molecule has 0 unspecified atom stereocenters. The number of amides is 3. The van der Waals surface area contributed by atoms with E-state index in [0.29, 0.717) is 10.6 Å². The standard InChI is InChI=1S/C14H13N3O3S/c1-7-2-3-8-9(4-7)21-13(12(8)15)14(20)17-5-10(18)16-11(19)6-17/h2-4H,5-6,15H2,1H3,(H,16,18,19). The van der Waals surface area contributed by atoms with Gasteiger partial charge in [-0.2, -0.15) is 0 Å². The van der Waals surface area contributed by atoms with Gasteiger partial charge in [0.2, 0.25) is 11.8 Å². The van der Waals surface area contributed by atoms with E-state index in [-0.39, 0.29) is 19.0 Å². The molecule has 2 heterocycles. The summed E-state index contributed by atoms with van der Waals surface area (Å²) in [4.78, 5) is 36.8. The quantitative estimate of drug-likeness (QED) is 0.765. The van der Waals surface area contributed by atoms with Crippen molar-refractivity contribution in [1.82, 2.24) is 10.2 Å². The number of nitrogens with two attached hydrogens (primary N) is 1. The number of imide groups is 1. The number of fused-ring (bicyclic) bond motifs is 1. The van der Waals surface area contributed by atoms with E-state index < -0.39 is 11.8 Å². The van der Waals surface area contributed by atoms with Gasteiger partial charge in [0, 0.05) is 10.1 Å². The van der Waals surface area contributed by atoms with Gasteiger partial charge in [0.1, 0.15) is 18.0 Å². The first-order valence-electron chi connectivity index (χ1n) is 6.36. The summed E-state index contributed by atoms with van der Waals surface area (Å²) < 4.78 is 0.920. The molecule has 3 amide bonds. The summed E-state index contributed by atoms with van der Waals surface area (Å²) in [6, 6.07) is 5.76. The molecule has 1 aromatic heterocycles. The number of benzene rings is 1. The SMILES string of the molecule is Cc1ccc2c(N)c(C(=O)N3CC(=O)NC(=O)C3)sc2c1. The third-order valence-electron chi connectivity index (χ3n) is 3.31. The molecule has 0 bridgehead atoms. The Hall–Kier alpha value is -2.41. The second-order valence-electron chi connectivity index (χ2n) is 4.98. The van der Waals surface area contributed by atoms with Gasteiger partial charge in [-0.15, -0.1) is 11.3 Å². The summed E-state index contributed by atoms with van der Waals surface area (Å²) in [5.74, 6) is -1.33. The molecule has 0 aliphatic carbocycles. The minimum Gasteiger partial charge on any atom is -0.397 e. The monoisotopic (exact) mass is 303 g/mol. The van der Waals surface area contributed by atoms with Crippen LogP contribution in [0, 0.1) is 6.92 Å². The fourth-order valence-electron chi connectivity index (χ4n) is 2.31. The number of hydrogen-bond acceptors (Lipinski definition) is 5. The normalized spacial score (nSPS) is 15.4. The van der Waals surface area contributed by atoms with Crippen LogP contribution in [0.2, 0.25) is 0 Å². The van der Waals surface area contributed by atoms with Gasteiger partial charge in [-0.1, -0.05) is 12.1 Å². The predicted molar refractivity (Wildman–Crippen MR) is 80.0 cm³/mol. The van der Waals surface area contributed by atoms with E-state index in [1.54, 1.807) is 0 Å². The van der Waals surface area contributed by atoms with Crippen molar-refractivity contribution in [2.45, 2.75) is 6.92 Å². The summed E-state index contributed by atoms with van der Waals surface area (Å²) >= 11 is 1.28. The van der Waals surface area contributed by atoms with E-state index in [4.69, 9.17) is 5.73 Å². The molecule has 21 heavy (non-hydrogen) atoms. The van der Waals surface area contributed by atoms with E-state index in [0.717, 1.165) is 15.6 Å². The Morgan fingerprint density at radius 1 is 1.29 bits per heavy atom. The summed E-state index contributed by atoms with van der Waals surface area (Å²) in [7, 11) is 0. The van der Waals surface area contributed by atoms with Crippen LogP contribution in [-0.4, -0.2) is 35.7 Å². The second-order valence-corrected chi connectivity index (χ2v) is 6.03. The Morgan fingerprint density at radius 3 is 2.62 bits per heavy atom. The maximum absolute atomic E-state index is 12.5. The molecule has 108 valence electrons. The third-order valence-corrected chi connectivity index (χ3v) is 4.47. The molecule has 3 rings (SSSR count). The third kappa shape index (κ3) is 2.36. The average molecular weight is 303 g/mol. The van der Waals surface area contributed by atoms with Crippen LogP contribution in [0.25, 0.3) is 10.1 Å². The lowest BCUT2D eigenvalue weighted by Gasteiger charge is -2.25. The van der Waals surface area contributed by atoms with Crippen molar-refractivity contribution in [2.24, 2.45) is 0 Å². The molecule has 7 heteroatoms. The van der Waals surface area contributed by atoms with Crippen molar-refractivity contribution < 1.29 is 14.4 Å². The van der Waals surface area contributed by atoms with E-state index in [2.05, 4.69) is 5.32 Å². The summed E-state index contributed by atoms with van der Waals surface area (Å²) in [6.07, 6.45) is 0. The largest absolute Gasteiger partial charge is 0.397 e. The number of carbonyl (C=O) groups is 3. The van der Waals surface area contributed by atoms with E-state index >= 15 is 0 Å². The van der Waals surface area contributed by atoms with Crippen molar-refractivity contribution >= 4 is 44.8 Å². The number of hydrogen-bond donors (Lipinski definition) is 2. The molecule has 0 radical (unpaired) electrons. The Balaban J connectivity index is 1.99. The summed E-state index contributed by atoms with van der Waals surface area (Å²) in [6.45, 7) is 1.71. The smallest absolute Gasteiger partial charge is 0.267 e. The number of nitrogens with one attached hydrogen (secondary N) is 1. The van der Waals surface area contributed by atoms with E-state index in [1.807, 2.05) is 25.1 Å². The zero-order valence-electron chi connectivity index (χ0n) is 11.3. The Morgan fingerprint density at radius 2 is 1.95 bits per heavy atom. The van der Waals surface area contributed by atoms with Crippen LogP contribution in [0.1, 0.15) is 15.2 Å². The van der Waals surface area contributed by atoms with Gasteiger partial charge < -0.3 is 10.6 Å². The van der Waals surface area contributed by atoms with Crippen LogP contribution in [0.5, 0.6) is 0 Å². The zero-order valence-corrected chi connectivity index (χ0v) is 12.1. The molecule has 0 spiro atoms. The fourth-order valence-corrected chi connectivity index (χ4v) is 3.50. The van der Waals surface area contributed by atoms with Crippen LogP contribution >= 0.6 is 11.3 Å². The number of aryl methyl sites for hydroxylation is 1. The van der Waals surface area contributed by atoms with Crippen LogP contribution in [0.15, 0.2) is 18.2 Å². The molecule has 2 aromatic rings. The molecule has 0 saturated carbocycles. The highest BCUT2D eigenvalue weighted by molar-refractivity contribution is 7.21. The van der Waals surface area contributed by atoms with Gasteiger partial charge in [0.05, 0.1) is 5.69 Å². The number of thiophene rings is 1. The number of piperazine rings is 1. The first kappa shape index (κ1) is 13.6. The number of rotatable bonds is 1. The predicted octanol–water partition coefficient (Wildman–Crippen LogP) is 0.891. The molecular weight excluding hydrogens is 290 g/mol. The van der Waals surface area contributed by atoms with Crippen molar-refractivity contribution in [3.05, 3.63) is 28.6 Å². The van der Waals surface area contributed by atoms with Crippen molar-refractivity contribution in [2.75, 3.05) is 18.8 Å². The molecule has 1 saturated heterocycles. The van der Waals surface area contributed by atoms with Crippen molar-refractivity contribution in [3.63, 3.8) is 0 Å². The van der Waals surface area contributed by atoms with Gasteiger partial charge in [0.15, 0.2) is 0 Å². The minimum absolute atomic E-state index is 0.128. The summed E-state index contributed by atoms with van der Waals surface area (Å²) in [5, 5.41) is 2.99. The van der Waals surface area contributed by atoms with Gasteiger partial charge in [-0.25, -0.2) is 0 Å². The van der Waals surface area contributed by atoms with Gasteiger partial charge in [0.25, 0.3) is 5.91 Å². The van der Waals surface area contributed by atoms with Crippen molar-refractivity contribution in [1.29, 1.82) is 0 Å². The molecule has 1 aromatic carbocycles. The molecular formula is C14H13N3O3S. The lowest BCUT2D eigenvalue weighted by atomic mass is 10.1. The van der Waals surface area contributed by atoms with Crippen LogP contribution in [0.4, 0.5) is 5.69 Å². The lowest BCUT2D eigenvalue weighted by molar-refractivity contribution is -0.135. The highest BCUT2D eigenvalue weighted by Crippen LogP contribution is 2.35. The fraction of sp³-hybridized carbons (Fsp3) is 0.214. The Labute approximate surface area is 124 Å². The number of anilines is 1. The Kier molecular flexibility index (Phi) is 3.13. The highest BCUT2D eigenvalue weighted by Gasteiger charge is 2.29. The average Bonchev–Trinajstić information content (AvgIpc) is 2.73.